The van der Waals surface area contributed by atoms with E-state index in [1.54, 1.807) is 0 Å². The van der Waals surface area contributed by atoms with E-state index >= 15 is 0 Å². The highest BCUT2D eigenvalue weighted by Gasteiger charge is 2.59. The van der Waals surface area contributed by atoms with Gasteiger partial charge in [-0.25, -0.2) is 8.42 Å². The van der Waals surface area contributed by atoms with Crippen molar-refractivity contribution < 1.29 is 22.7 Å². The number of alkyl halides is 1. The van der Waals surface area contributed by atoms with Gasteiger partial charge in [0.2, 0.25) is 11.0 Å². The van der Waals surface area contributed by atoms with Crippen LogP contribution in [-0.4, -0.2) is 59.3 Å². The molecule has 1 saturated heterocycles. The Morgan fingerprint density at radius 2 is 2.05 bits per heavy atom. The van der Waals surface area contributed by atoms with Crippen LogP contribution < -0.4 is 0 Å². The second-order valence-electron chi connectivity index (χ2n) is 6.19. The van der Waals surface area contributed by atoms with E-state index in [2.05, 4.69) is 0 Å². The molecular formula is C13H18ClNO5S2. The first-order valence-electron chi connectivity index (χ1n) is 6.62. The molecule has 2 aliphatic rings. The predicted octanol–water partition coefficient (Wildman–Crippen LogP) is 1.15. The number of ether oxygens (including phenoxy) is 1. The van der Waals surface area contributed by atoms with Crippen molar-refractivity contribution in [1.29, 1.82) is 0 Å². The fraction of sp³-hybridized carbons (Fsp3) is 0.692. The Morgan fingerprint density at radius 3 is 2.55 bits per heavy atom. The Labute approximate surface area is 139 Å². The molecule has 22 heavy (non-hydrogen) atoms. The van der Waals surface area contributed by atoms with E-state index in [0.29, 0.717) is 5.57 Å². The number of halogens is 1. The number of carbonyl (C=O) groups is 2. The molecule has 2 aliphatic heterocycles. The molecule has 1 amide bonds. The molecule has 2 heterocycles. The number of nitrogens with zero attached hydrogens (tertiary/aromatic N) is 1. The third kappa shape index (κ3) is 3.06. The molecule has 124 valence electrons. The minimum atomic E-state index is -3.61. The SMILES string of the molecule is COCC1=C(C(=O)SC(C)(C)C)N2C(=O)[C@H](Cl)[C@H]2S(=O)(=O)C1. The van der Waals surface area contributed by atoms with Gasteiger partial charge in [-0.3, -0.25) is 14.5 Å². The van der Waals surface area contributed by atoms with Crippen LogP contribution in [0.1, 0.15) is 20.8 Å². The molecule has 0 aromatic carbocycles. The molecule has 0 bridgehead atoms. The number of methoxy groups -OCH3 is 1. The van der Waals surface area contributed by atoms with E-state index in [0.717, 1.165) is 16.7 Å². The molecule has 0 aliphatic carbocycles. The normalized spacial score (nSPS) is 27.5. The zero-order chi connectivity index (χ0) is 16.9. The second kappa shape index (κ2) is 5.81. The van der Waals surface area contributed by atoms with Gasteiger partial charge < -0.3 is 4.74 Å². The Morgan fingerprint density at radius 1 is 1.45 bits per heavy atom. The summed E-state index contributed by atoms with van der Waals surface area (Å²) in [5.41, 5.74) is 0.418. The molecular weight excluding hydrogens is 350 g/mol. The highest BCUT2D eigenvalue weighted by atomic mass is 35.5. The molecule has 0 spiro atoms. The van der Waals surface area contributed by atoms with Gasteiger partial charge in [0.15, 0.2) is 15.2 Å². The Balaban J connectivity index is 2.49. The standard InChI is InChI=1S/C13H18ClNO5S2/c1-13(2,3)21-12(17)9-7(5-20-4)6-22(18,19)11-8(14)10(16)15(9)11/h8,11H,5-6H2,1-4H3/t8-,11+/m0/s1. The molecule has 0 unspecified atom stereocenters. The molecule has 0 N–H and O–H groups in total. The summed E-state index contributed by atoms with van der Waals surface area (Å²) in [4.78, 5) is 25.6. The first kappa shape index (κ1) is 17.8. The lowest BCUT2D eigenvalue weighted by molar-refractivity contribution is -0.140. The minimum Gasteiger partial charge on any atom is -0.380 e. The number of rotatable bonds is 3. The van der Waals surface area contributed by atoms with Gasteiger partial charge in [-0.2, -0.15) is 0 Å². The quantitative estimate of drug-likeness (QED) is 0.550. The maximum Gasteiger partial charge on any atom is 0.249 e. The minimum absolute atomic E-state index is 0.0194. The van der Waals surface area contributed by atoms with E-state index in [-0.39, 0.29) is 27.9 Å². The van der Waals surface area contributed by atoms with E-state index in [4.69, 9.17) is 16.3 Å². The van der Waals surface area contributed by atoms with Crippen molar-refractivity contribution in [2.24, 2.45) is 0 Å². The topological polar surface area (TPSA) is 80.8 Å². The number of hydrogen-bond donors (Lipinski definition) is 0. The van der Waals surface area contributed by atoms with Crippen molar-refractivity contribution in [3.8, 4) is 0 Å². The van der Waals surface area contributed by atoms with E-state index in [1.165, 1.54) is 7.11 Å². The van der Waals surface area contributed by atoms with E-state index < -0.39 is 26.5 Å². The number of sulfone groups is 1. The maximum absolute atomic E-state index is 12.6. The van der Waals surface area contributed by atoms with Gasteiger partial charge in [0.05, 0.1) is 12.4 Å². The van der Waals surface area contributed by atoms with Crippen molar-refractivity contribution in [2.75, 3.05) is 19.5 Å². The van der Waals surface area contributed by atoms with Gasteiger partial charge in [-0.05, 0) is 5.57 Å². The molecule has 9 heteroatoms. The number of β-lactam (4-membered cyclic amide) rings is 1. The third-order valence-electron chi connectivity index (χ3n) is 3.21. The molecule has 1 fully saturated rings. The molecule has 0 radical (unpaired) electrons. The van der Waals surface area contributed by atoms with Crippen molar-refractivity contribution >= 4 is 44.2 Å². The summed E-state index contributed by atoms with van der Waals surface area (Å²) >= 11 is 6.89. The van der Waals surface area contributed by atoms with Crippen LogP contribution in [0, 0.1) is 0 Å². The van der Waals surface area contributed by atoms with Gasteiger partial charge in [-0.15, -0.1) is 11.6 Å². The molecule has 0 aromatic heterocycles. The highest BCUT2D eigenvalue weighted by molar-refractivity contribution is 8.15. The Bertz CT molecular complexity index is 650. The first-order valence-corrected chi connectivity index (χ1v) is 9.59. The van der Waals surface area contributed by atoms with Crippen LogP contribution in [0.2, 0.25) is 0 Å². The molecule has 6 nitrogen and oxygen atoms in total. The van der Waals surface area contributed by atoms with Crippen LogP contribution in [-0.2, 0) is 24.2 Å². The van der Waals surface area contributed by atoms with Crippen LogP contribution in [0.5, 0.6) is 0 Å². The van der Waals surface area contributed by atoms with Crippen LogP contribution >= 0.6 is 23.4 Å². The van der Waals surface area contributed by atoms with E-state index in [1.807, 2.05) is 20.8 Å². The summed E-state index contributed by atoms with van der Waals surface area (Å²) in [7, 11) is -2.20. The largest absolute Gasteiger partial charge is 0.380 e. The summed E-state index contributed by atoms with van der Waals surface area (Å²) in [6.45, 7) is 5.58. The maximum atomic E-state index is 12.6. The number of thioether (sulfide) groups is 1. The summed E-state index contributed by atoms with van der Waals surface area (Å²) in [5.74, 6) is -0.869. The van der Waals surface area contributed by atoms with Gasteiger partial charge in [0.1, 0.15) is 11.1 Å². The van der Waals surface area contributed by atoms with Crippen LogP contribution in [0.25, 0.3) is 0 Å². The van der Waals surface area contributed by atoms with Gasteiger partial charge in [0.25, 0.3) is 0 Å². The second-order valence-corrected chi connectivity index (χ2v) is 10.6. The summed E-state index contributed by atoms with van der Waals surface area (Å²) in [6.07, 6.45) is 0. The lowest BCUT2D eigenvalue weighted by atomic mass is 10.1. The zero-order valence-corrected chi connectivity index (χ0v) is 15.1. The number of carbonyl (C=O) groups excluding carboxylic acids is 2. The van der Waals surface area contributed by atoms with Gasteiger partial charge >= 0.3 is 0 Å². The molecule has 0 saturated carbocycles. The number of fused-ring (bicyclic) bond motifs is 1. The van der Waals surface area contributed by atoms with Crippen molar-refractivity contribution in [1.82, 2.24) is 4.90 Å². The fourth-order valence-corrected chi connectivity index (χ4v) is 5.90. The molecule has 2 rings (SSSR count). The van der Waals surface area contributed by atoms with Gasteiger partial charge in [-0.1, -0.05) is 32.5 Å². The third-order valence-corrected chi connectivity index (χ3v) is 6.74. The smallest absolute Gasteiger partial charge is 0.249 e. The van der Waals surface area contributed by atoms with Crippen LogP contribution in [0.3, 0.4) is 0 Å². The summed E-state index contributed by atoms with van der Waals surface area (Å²) < 4.78 is 29.1. The first-order chi connectivity index (χ1) is 9.99. The average molecular weight is 368 g/mol. The van der Waals surface area contributed by atoms with Crippen molar-refractivity contribution in [2.45, 2.75) is 36.3 Å². The number of hydrogen-bond acceptors (Lipinski definition) is 6. The highest BCUT2D eigenvalue weighted by Crippen LogP contribution is 2.42. The average Bonchev–Trinajstić information content (AvgIpc) is 2.34. The summed E-state index contributed by atoms with van der Waals surface area (Å²) in [5, 5.41) is -2.62. The zero-order valence-electron chi connectivity index (χ0n) is 12.8. The van der Waals surface area contributed by atoms with Crippen LogP contribution in [0.15, 0.2) is 11.3 Å². The fourth-order valence-electron chi connectivity index (χ4n) is 2.43. The van der Waals surface area contributed by atoms with Crippen molar-refractivity contribution in [3.05, 3.63) is 11.3 Å². The Kier molecular flexibility index (Phi) is 4.70. The van der Waals surface area contributed by atoms with Crippen LogP contribution in [0.4, 0.5) is 0 Å². The lowest BCUT2D eigenvalue weighted by Gasteiger charge is -2.47. The van der Waals surface area contributed by atoms with E-state index in [9.17, 15) is 18.0 Å². The van der Waals surface area contributed by atoms with Crippen molar-refractivity contribution in [3.63, 3.8) is 0 Å². The molecule has 0 aromatic rings. The molecule has 2 atom stereocenters. The predicted molar refractivity (Wildman–Crippen MR) is 85.3 cm³/mol. The lowest BCUT2D eigenvalue weighted by Crippen LogP contribution is -2.68. The Hall–Kier alpha value is -0.570. The number of amides is 1. The van der Waals surface area contributed by atoms with Gasteiger partial charge in [0, 0.05) is 11.9 Å². The monoisotopic (exact) mass is 367 g/mol. The summed E-state index contributed by atoms with van der Waals surface area (Å²) in [6, 6.07) is 0.